The topological polar surface area (TPSA) is 0 Å². The Kier molecular flexibility index (Phi) is 6.97. The lowest BCUT2D eigenvalue weighted by atomic mass is 9.66. The molecule has 0 atom stereocenters. The lowest BCUT2D eigenvalue weighted by Crippen LogP contribution is -2.47. The molecule has 4 heteroatoms. The van der Waals surface area contributed by atoms with Gasteiger partial charge in [0.1, 0.15) is 0 Å². The highest BCUT2D eigenvalue weighted by atomic mass is 19.3. The summed E-state index contributed by atoms with van der Waals surface area (Å²) in [5.41, 5.74) is -0.733. The van der Waals surface area contributed by atoms with E-state index in [0.717, 1.165) is 18.8 Å². The fraction of sp³-hybridized carbons (Fsp3) is 0.833. The molecule has 0 nitrogen and oxygen atoms in total. The lowest BCUT2D eigenvalue weighted by molar-refractivity contribution is -0.169. The van der Waals surface area contributed by atoms with Crippen LogP contribution in [-0.2, 0) is 0 Å². The first-order valence-electron chi connectivity index (χ1n) is 11.5. The van der Waals surface area contributed by atoms with Crippen LogP contribution in [0.25, 0.3) is 0 Å². The van der Waals surface area contributed by atoms with Crippen LogP contribution in [0.5, 0.6) is 0 Å². The summed E-state index contributed by atoms with van der Waals surface area (Å²) >= 11 is 0. The molecule has 160 valence electrons. The first kappa shape index (κ1) is 21.9. The Morgan fingerprint density at radius 2 is 1.32 bits per heavy atom. The van der Waals surface area contributed by atoms with Crippen LogP contribution < -0.4 is 0 Å². The summed E-state index contributed by atoms with van der Waals surface area (Å²) in [4.78, 5) is 0. The van der Waals surface area contributed by atoms with Crippen molar-refractivity contribution in [3.05, 3.63) is 23.3 Å². The highest BCUT2D eigenvalue weighted by Crippen LogP contribution is 2.53. The van der Waals surface area contributed by atoms with E-state index >= 15 is 0 Å². The Hall–Kier alpha value is -0.800. The van der Waals surface area contributed by atoms with E-state index in [1.54, 1.807) is 6.92 Å². The molecule has 0 N–H and O–H groups in total. The quantitative estimate of drug-likeness (QED) is 0.393. The average molecular weight is 401 g/mol. The third kappa shape index (κ3) is 4.21. The van der Waals surface area contributed by atoms with E-state index in [0.29, 0.717) is 31.1 Å². The fourth-order valence-electron chi connectivity index (χ4n) is 5.94. The molecule has 3 rings (SSSR count). The second-order valence-electron chi connectivity index (χ2n) is 9.39. The molecule has 0 aromatic rings. The van der Waals surface area contributed by atoms with Gasteiger partial charge in [0.15, 0.2) is 0 Å². The smallest absolute Gasteiger partial charge is 0.194 e. The minimum Gasteiger partial charge on any atom is -0.194 e. The number of hydrogen-bond acceptors (Lipinski definition) is 0. The van der Waals surface area contributed by atoms with Gasteiger partial charge in [-0.2, -0.15) is 17.6 Å². The van der Waals surface area contributed by atoms with Gasteiger partial charge in [-0.15, -0.1) is 0 Å². The molecule has 0 radical (unpaired) electrons. The van der Waals surface area contributed by atoms with Crippen molar-refractivity contribution in [2.24, 2.45) is 23.7 Å². The van der Waals surface area contributed by atoms with Crippen molar-refractivity contribution in [2.45, 2.75) is 103 Å². The number of alkyl halides is 4. The molecule has 0 aromatic carbocycles. The molecule has 0 aromatic heterocycles. The Bertz CT molecular complexity index is 573. The molecule has 3 aliphatic carbocycles. The third-order valence-corrected chi connectivity index (χ3v) is 7.61. The van der Waals surface area contributed by atoms with E-state index in [9.17, 15) is 17.6 Å². The first-order chi connectivity index (χ1) is 13.3. The van der Waals surface area contributed by atoms with Gasteiger partial charge in [0.25, 0.3) is 0 Å². The summed E-state index contributed by atoms with van der Waals surface area (Å²) < 4.78 is 58.3. The first-order valence-corrected chi connectivity index (χ1v) is 11.5. The summed E-state index contributed by atoms with van der Waals surface area (Å²) in [6.07, 6.45) is 13.9. The Morgan fingerprint density at radius 3 is 1.86 bits per heavy atom. The van der Waals surface area contributed by atoms with Crippen molar-refractivity contribution >= 4 is 0 Å². The number of allylic oxidation sites excluding steroid dienone is 4. The van der Waals surface area contributed by atoms with Crippen LogP contribution in [0.3, 0.4) is 0 Å². The van der Waals surface area contributed by atoms with E-state index in [4.69, 9.17) is 0 Å². The zero-order valence-electron chi connectivity index (χ0n) is 17.5. The second kappa shape index (κ2) is 8.92. The standard InChI is InChI=1S/C24H36F4/c1-3-5-17-7-9-18(10-8-17)19-11-13-20(14-12-19)22-16-15-21(6-4-2)23(25,26)24(22,27)28/h15-20H,3-14H2,1-2H3. The fourth-order valence-corrected chi connectivity index (χ4v) is 5.94. The van der Waals surface area contributed by atoms with Gasteiger partial charge in [0.05, 0.1) is 0 Å². The zero-order chi connectivity index (χ0) is 20.4. The van der Waals surface area contributed by atoms with Crippen molar-refractivity contribution in [1.82, 2.24) is 0 Å². The summed E-state index contributed by atoms with van der Waals surface area (Å²) in [6.45, 7) is 3.98. The van der Waals surface area contributed by atoms with Crippen LogP contribution in [0, 0.1) is 23.7 Å². The normalized spacial score (nSPS) is 35.2. The minimum absolute atomic E-state index is 0.0276. The molecule has 0 spiro atoms. The third-order valence-electron chi connectivity index (χ3n) is 7.61. The van der Waals surface area contributed by atoms with Gasteiger partial charge in [-0.05, 0) is 68.6 Å². The Morgan fingerprint density at radius 1 is 0.750 bits per heavy atom. The van der Waals surface area contributed by atoms with Crippen molar-refractivity contribution in [3.8, 4) is 0 Å². The van der Waals surface area contributed by atoms with E-state index in [1.807, 2.05) is 0 Å². The summed E-state index contributed by atoms with van der Waals surface area (Å²) in [5.74, 6) is -6.29. The highest BCUT2D eigenvalue weighted by molar-refractivity contribution is 5.39. The molecule has 0 saturated heterocycles. The van der Waals surface area contributed by atoms with Gasteiger partial charge in [0.2, 0.25) is 0 Å². The predicted molar refractivity (Wildman–Crippen MR) is 107 cm³/mol. The summed E-state index contributed by atoms with van der Waals surface area (Å²) in [5, 5.41) is 0. The monoisotopic (exact) mass is 400 g/mol. The van der Waals surface area contributed by atoms with Crippen LogP contribution in [-0.4, -0.2) is 11.8 Å². The van der Waals surface area contributed by atoms with Gasteiger partial charge < -0.3 is 0 Å². The average Bonchev–Trinajstić information content (AvgIpc) is 2.67. The highest BCUT2D eigenvalue weighted by Gasteiger charge is 2.62. The second-order valence-corrected chi connectivity index (χ2v) is 9.39. The van der Waals surface area contributed by atoms with E-state index in [-0.39, 0.29) is 12.0 Å². The summed E-state index contributed by atoms with van der Waals surface area (Å²) in [7, 11) is 0. The van der Waals surface area contributed by atoms with Gasteiger partial charge in [-0.25, -0.2) is 0 Å². The van der Waals surface area contributed by atoms with Gasteiger partial charge in [-0.1, -0.05) is 58.1 Å². The molecular formula is C24H36F4. The maximum absolute atomic E-state index is 14.7. The van der Waals surface area contributed by atoms with Crippen LogP contribution in [0.2, 0.25) is 0 Å². The summed E-state index contributed by atoms with van der Waals surface area (Å²) in [6, 6.07) is 0. The molecule has 3 aliphatic rings. The van der Waals surface area contributed by atoms with Crippen LogP contribution in [0.15, 0.2) is 23.3 Å². The number of halogens is 4. The largest absolute Gasteiger partial charge is 0.336 e. The minimum atomic E-state index is -4.04. The Balaban J connectivity index is 1.60. The van der Waals surface area contributed by atoms with Gasteiger partial charge in [-0.3, -0.25) is 0 Å². The molecule has 0 heterocycles. The van der Waals surface area contributed by atoms with Crippen LogP contribution >= 0.6 is 0 Å². The van der Waals surface area contributed by atoms with E-state index in [2.05, 4.69) is 6.92 Å². The van der Waals surface area contributed by atoms with Crippen molar-refractivity contribution in [3.63, 3.8) is 0 Å². The lowest BCUT2D eigenvalue weighted by Gasteiger charge is -2.41. The van der Waals surface area contributed by atoms with Crippen molar-refractivity contribution in [2.75, 3.05) is 0 Å². The maximum atomic E-state index is 14.7. The van der Waals surface area contributed by atoms with Crippen LogP contribution in [0.4, 0.5) is 17.6 Å². The zero-order valence-corrected chi connectivity index (χ0v) is 17.5. The molecule has 0 amide bonds. The van der Waals surface area contributed by atoms with Crippen molar-refractivity contribution < 1.29 is 17.6 Å². The maximum Gasteiger partial charge on any atom is 0.336 e. The number of hydrogen-bond donors (Lipinski definition) is 0. The predicted octanol–water partition coefficient (Wildman–Crippen LogP) is 8.34. The van der Waals surface area contributed by atoms with E-state index in [1.165, 1.54) is 50.7 Å². The van der Waals surface area contributed by atoms with Gasteiger partial charge in [0, 0.05) is 11.1 Å². The molecule has 0 aliphatic heterocycles. The number of rotatable bonds is 6. The molecule has 28 heavy (non-hydrogen) atoms. The molecule has 0 unspecified atom stereocenters. The molecule has 2 saturated carbocycles. The molecular weight excluding hydrogens is 364 g/mol. The van der Waals surface area contributed by atoms with Gasteiger partial charge >= 0.3 is 11.8 Å². The van der Waals surface area contributed by atoms with Crippen molar-refractivity contribution in [1.29, 1.82) is 0 Å². The van der Waals surface area contributed by atoms with Crippen LogP contribution in [0.1, 0.15) is 90.9 Å². The Labute approximate surface area is 167 Å². The van der Waals surface area contributed by atoms with E-state index < -0.39 is 23.3 Å². The SMILES string of the molecule is CCCC1=CC=C(C2CCC(C3CCC(CCC)CC3)CC2)C(F)(F)C1(F)F. The molecule has 0 bridgehead atoms. The molecule has 2 fully saturated rings.